The van der Waals surface area contributed by atoms with Crippen LogP contribution < -0.4 is 5.32 Å². The van der Waals surface area contributed by atoms with Gasteiger partial charge in [-0.25, -0.2) is 0 Å². The monoisotopic (exact) mass is 285 g/mol. The van der Waals surface area contributed by atoms with Gasteiger partial charge in [0.2, 0.25) is 0 Å². The van der Waals surface area contributed by atoms with Crippen molar-refractivity contribution in [3.05, 3.63) is 53.9 Å². The molecule has 0 amide bonds. The Hall–Kier alpha value is -1.61. The molecule has 0 spiro atoms. The molecule has 1 N–H and O–H groups in total. The molecule has 0 fully saturated rings. The minimum absolute atomic E-state index is 0.425. The number of hydrogen-bond acceptors (Lipinski definition) is 2. The maximum atomic E-state index is 4.41. The fraction of sp³-hybridized carbons (Fsp3) is 0.500. The van der Waals surface area contributed by atoms with Crippen molar-refractivity contribution in [1.29, 1.82) is 0 Å². The van der Waals surface area contributed by atoms with Crippen molar-refractivity contribution in [1.82, 2.24) is 15.1 Å². The largest absolute Gasteiger partial charge is 0.310 e. The van der Waals surface area contributed by atoms with Crippen LogP contribution in [-0.2, 0) is 13.0 Å². The first-order valence-electron chi connectivity index (χ1n) is 8.13. The van der Waals surface area contributed by atoms with Gasteiger partial charge in [-0.05, 0) is 44.7 Å². The normalized spacial score (nSPS) is 12.5. The highest BCUT2D eigenvalue weighted by atomic mass is 15.3. The molecule has 0 aliphatic heterocycles. The number of benzene rings is 1. The first kappa shape index (κ1) is 15.8. The van der Waals surface area contributed by atoms with E-state index in [2.05, 4.69) is 60.8 Å². The lowest BCUT2D eigenvalue weighted by Gasteiger charge is -2.17. The quantitative estimate of drug-likeness (QED) is 0.755. The van der Waals surface area contributed by atoms with E-state index in [0.717, 1.165) is 32.4 Å². The van der Waals surface area contributed by atoms with Crippen molar-refractivity contribution in [3.63, 3.8) is 0 Å². The molecule has 2 aromatic rings. The standard InChI is InChI=1S/C18H27N3/c1-3-13-19-18(17-14-20-21(4-2)15-17)12-8-11-16-9-6-5-7-10-16/h5-7,9-10,14-15,18-19H,3-4,8,11-13H2,1-2H3. The van der Waals surface area contributed by atoms with Gasteiger partial charge in [0.1, 0.15) is 0 Å². The molecule has 2 rings (SSSR count). The van der Waals surface area contributed by atoms with E-state index < -0.39 is 0 Å². The number of nitrogens with zero attached hydrogens (tertiary/aromatic N) is 2. The Labute approximate surface area is 128 Å². The SMILES string of the molecule is CCCNC(CCCc1ccccc1)c1cnn(CC)c1. The molecule has 3 heteroatoms. The predicted octanol–water partition coefficient (Wildman–Crippen LogP) is 3.97. The van der Waals surface area contributed by atoms with Gasteiger partial charge in [0.15, 0.2) is 0 Å². The van der Waals surface area contributed by atoms with Crippen molar-refractivity contribution in [2.45, 2.75) is 52.1 Å². The summed E-state index contributed by atoms with van der Waals surface area (Å²) in [7, 11) is 0. The van der Waals surface area contributed by atoms with Crippen LogP contribution >= 0.6 is 0 Å². The minimum Gasteiger partial charge on any atom is -0.310 e. The molecule has 21 heavy (non-hydrogen) atoms. The molecule has 1 atom stereocenters. The third kappa shape index (κ3) is 5.01. The highest BCUT2D eigenvalue weighted by Crippen LogP contribution is 2.19. The van der Waals surface area contributed by atoms with Crippen LogP contribution in [-0.4, -0.2) is 16.3 Å². The molecule has 0 saturated carbocycles. The summed E-state index contributed by atoms with van der Waals surface area (Å²) in [6.07, 6.45) is 8.85. The van der Waals surface area contributed by atoms with Gasteiger partial charge in [-0.1, -0.05) is 37.3 Å². The summed E-state index contributed by atoms with van der Waals surface area (Å²) < 4.78 is 2.01. The van der Waals surface area contributed by atoms with Crippen LogP contribution in [0.1, 0.15) is 50.3 Å². The van der Waals surface area contributed by atoms with Gasteiger partial charge < -0.3 is 5.32 Å². The number of aromatic nitrogens is 2. The first-order valence-corrected chi connectivity index (χ1v) is 8.13. The minimum atomic E-state index is 0.425. The molecule has 0 bridgehead atoms. The van der Waals surface area contributed by atoms with Crippen molar-refractivity contribution >= 4 is 0 Å². The van der Waals surface area contributed by atoms with E-state index in [4.69, 9.17) is 0 Å². The lowest BCUT2D eigenvalue weighted by Crippen LogP contribution is -2.22. The van der Waals surface area contributed by atoms with Crippen molar-refractivity contribution in [2.75, 3.05) is 6.54 Å². The van der Waals surface area contributed by atoms with Gasteiger partial charge in [-0.15, -0.1) is 0 Å². The van der Waals surface area contributed by atoms with Gasteiger partial charge >= 0.3 is 0 Å². The van der Waals surface area contributed by atoms with Gasteiger partial charge in [-0.2, -0.15) is 5.10 Å². The Morgan fingerprint density at radius 1 is 1.19 bits per heavy atom. The van der Waals surface area contributed by atoms with Crippen LogP contribution in [0.4, 0.5) is 0 Å². The van der Waals surface area contributed by atoms with E-state index in [1.165, 1.54) is 17.5 Å². The average molecular weight is 285 g/mol. The number of hydrogen-bond donors (Lipinski definition) is 1. The van der Waals surface area contributed by atoms with Crippen molar-refractivity contribution < 1.29 is 0 Å². The number of aryl methyl sites for hydroxylation is 2. The number of rotatable bonds is 9. The molecular weight excluding hydrogens is 258 g/mol. The van der Waals surface area contributed by atoms with Crippen molar-refractivity contribution in [2.24, 2.45) is 0 Å². The smallest absolute Gasteiger partial charge is 0.0537 e. The fourth-order valence-electron chi connectivity index (χ4n) is 2.59. The van der Waals surface area contributed by atoms with Gasteiger partial charge in [0.25, 0.3) is 0 Å². The molecule has 0 aliphatic carbocycles. The second kappa shape index (κ2) is 8.63. The third-order valence-electron chi connectivity index (χ3n) is 3.82. The number of nitrogens with one attached hydrogen (secondary N) is 1. The van der Waals surface area contributed by atoms with Gasteiger partial charge in [0, 0.05) is 24.3 Å². The first-order chi connectivity index (χ1) is 10.3. The topological polar surface area (TPSA) is 29.9 Å². The van der Waals surface area contributed by atoms with E-state index in [1.54, 1.807) is 0 Å². The summed E-state index contributed by atoms with van der Waals surface area (Å²) in [6.45, 7) is 6.34. The van der Waals surface area contributed by atoms with E-state index in [-0.39, 0.29) is 0 Å². The summed E-state index contributed by atoms with van der Waals surface area (Å²) in [5, 5.41) is 8.06. The lowest BCUT2D eigenvalue weighted by molar-refractivity contribution is 0.483. The Morgan fingerprint density at radius 3 is 2.67 bits per heavy atom. The van der Waals surface area contributed by atoms with Crippen LogP contribution in [0.3, 0.4) is 0 Å². The Morgan fingerprint density at radius 2 is 2.00 bits per heavy atom. The maximum absolute atomic E-state index is 4.41. The third-order valence-corrected chi connectivity index (χ3v) is 3.82. The molecule has 1 aromatic heterocycles. The van der Waals surface area contributed by atoms with Crippen LogP contribution in [0, 0.1) is 0 Å². The van der Waals surface area contributed by atoms with Gasteiger partial charge in [-0.3, -0.25) is 4.68 Å². The Balaban J connectivity index is 1.90. The fourth-order valence-corrected chi connectivity index (χ4v) is 2.59. The summed E-state index contributed by atoms with van der Waals surface area (Å²) in [4.78, 5) is 0. The summed E-state index contributed by atoms with van der Waals surface area (Å²) >= 11 is 0. The summed E-state index contributed by atoms with van der Waals surface area (Å²) in [6, 6.07) is 11.2. The molecule has 3 nitrogen and oxygen atoms in total. The van der Waals surface area contributed by atoms with Gasteiger partial charge in [0.05, 0.1) is 6.20 Å². The highest BCUT2D eigenvalue weighted by molar-refractivity contribution is 5.15. The summed E-state index contributed by atoms with van der Waals surface area (Å²) in [5.74, 6) is 0. The molecule has 0 saturated heterocycles. The van der Waals surface area contributed by atoms with E-state index in [0.29, 0.717) is 6.04 Å². The molecular formula is C18H27N3. The van der Waals surface area contributed by atoms with Crippen LogP contribution in [0.2, 0.25) is 0 Å². The summed E-state index contributed by atoms with van der Waals surface area (Å²) in [5.41, 5.74) is 2.74. The average Bonchev–Trinajstić information content (AvgIpc) is 3.00. The lowest BCUT2D eigenvalue weighted by atomic mass is 10.0. The molecule has 0 radical (unpaired) electrons. The second-order valence-corrected chi connectivity index (χ2v) is 5.51. The maximum Gasteiger partial charge on any atom is 0.0537 e. The Bertz CT molecular complexity index is 504. The van der Waals surface area contributed by atoms with Crippen LogP contribution in [0.15, 0.2) is 42.7 Å². The van der Waals surface area contributed by atoms with E-state index >= 15 is 0 Å². The molecule has 114 valence electrons. The van der Waals surface area contributed by atoms with E-state index in [1.807, 2.05) is 10.9 Å². The predicted molar refractivity (Wildman–Crippen MR) is 88.3 cm³/mol. The highest BCUT2D eigenvalue weighted by Gasteiger charge is 2.12. The van der Waals surface area contributed by atoms with E-state index in [9.17, 15) is 0 Å². The Kier molecular flexibility index (Phi) is 6.48. The molecule has 0 aliphatic rings. The zero-order valence-electron chi connectivity index (χ0n) is 13.3. The molecule has 1 aromatic carbocycles. The molecule has 1 unspecified atom stereocenters. The zero-order valence-corrected chi connectivity index (χ0v) is 13.3. The van der Waals surface area contributed by atoms with Crippen LogP contribution in [0.25, 0.3) is 0 Å². The zero-order chi connectivity index (χ0) is 14.9. The van der Waals surface area contributed by atoms with Crippen molar-refractivity contribution in [3.8, 4) is 0 Å². The second-order valence-electron chi connectivity index (χ2n) is 5.51. The molecule has 1 heterocycles. The van der Waals surface area contributed by atoms with Crippen LogP contribution in [0.5, 0.6) is 0 Å².